The van der Waals surface area contributed by atoms with Gasteiger partial charge in [-0.05, 0) is 18.6 Å². The van der Waals surface area contributed by atoms with Crippen molar-refractivity contribution in [2.24, 2.45) is 5.73 Å². The molecule has 2 aromatic heterocycles. The van der Waals surface area contributed by atoms with E-state index < -0.39 is 0 Å². The summed E-state index contributed by atoms with van der Waals surface area (Å²) in [5.74, 6) is 0.191. The number of hydrogen-bond donors (Lipinski definition) is 1. The highest BCUT2D eigenvalue weighted by atomic mass is 35.5. The topological polar surface area (TPSA) is 56.7 Å². The molecule has 0 aliphatic heterocycles. The van der Waals surface area contributed by atoms with Gasteiger partial charge in [0.15, 0.2) is 11.6 Å². The molecular formula is C10H12ClFN4. The molecule has 2 heterocycles. The van der Waals surface area contributed by atoms with E-state index in [2.05, 4.69) is 10.1 Å². The highest BCUT2D eigenvalue weighted by Gasteiger charge is 2.03. The minimum atomic E-state index is -0.381. The first-order chi connectivity index (χ1) is 7.16. The van der Waals surface area contributed by atoms with Gasteiger partial charge in [-0.3, -0.25) is 0 Å². The molecule has 0 fully saturated rings. The van der Waals surface area contributed by atoms with E-state index in [9.17, 15) is 4.39 Å². The van der Waals surface area contributed by atoms with Gasteiger partial charge in [0.25, 0.3) is 0 Å². The lowest BCUT2D eigenvalue weighted by molar-refractivity contribution is 0.627. The van der Waals surface area contributed by atoms with Gasteiger partial charge in [0.2, 0.25) is 0 Å². The third-order valence-corrected chi connectivity index (χ3v) is 2.08. The second-order valence-corrected chi connectivity index (χ2v) is 3.34. The fourth-order valence-corrected chi connectivity index (χ4v) is 1.23. The lowest BCUT2D eigenvalue weighted by Gasteiger charge is -2.05. The maximum Gasteiger partial charge on any atom is 0.161 e. The second-order valence-electron chi connectivity index (χ2n) is 3.34. The van der Waals surface area contributed by atoms with Crippen LogP contribution in [0.15, 0.2) is 30.7 Å². The summed E-state index contributed by atoms with van der Waals surface area (Å²) in [6.07, 6.45) is 4.08. The zero-order valence-corrected chi connectivity index (χ0v) is 9.49. The third-order valence-electron chi connectivity index (χ3n) is 2.08. The van der Waals surface area contributed by atoms with Crippen LogP contribution in [0.25, 0.3) is 5.82 Å². The highest BCUT2D eigenvalue weighted by molar-refractivity contribution is 5.85. The van der Waals surface area contributed by atoms with Crippen molar-refractivity contribution in [2.75, 3.05) is 0 Å². The first-order valence-electron chi connectivity index (χ1n) is 4.59. The minimum Gasteiger partial charge on any atom is -0.324 e. The van der Waals surface area contributed by atoms with Gasteiger partial charge in [0, 0.05) is 12.2 Å². The largest absolute Gasteiger partial charge is 0.324 e. The molecule has 0 amide bonds. The number of pyridine rings is 1. The quantitative estimate of drug-likeness (QED) is 0.874. The Hall–Kier alpha value is -1.46. The van der Waals surface area contributed by atoms with E-state index in [-0.39, 0.29) is 24.3 Å². The van der Waals surface area contributed by atoms with Crippen molar-refractivity contribution in [2.45, 2.75) is 13.0 Å². The van der Waals surface area contributed by atoms with Crippen LogP contribution in [0, 0.1) is 5.82 Å². The van der Waals surface area contributed by atoms with Crippen molar-refractivity contribution in [3.8, 4) is 5.82 Å². The van der Waals surface area contributed by atoms with Crippen LogP contribution < -0.4 is 5.73 Å². The fraction of sp³-hybridized carbons (Fsp3) is 0.200. The first kappa shape index (κ1) is 12.6. The number of hydrogen-bond acceptors (Lipinski definition) is 3. The fourth-order valence-electron chi connectivity index (χ4n) is 1.23. The van der Waals surface area contributed by atoms with Gasteiger partial charge in [-0.25, -0.2) is 14.1 Å². The SMILES string of the molecule is CC(N)c1ccc(-n2cc(F)cn2)nc1.Cl. The Morgan fingerprint density at radius 2 is 2.12 bits per heavy atom. The predicted octanol–water partition coefficient (Wildman–Crippen LogP) is 1.85. The van der Waals surface area contributed by atoms with Gasteiger partial charge >= 0.3 is 0 Å². The van der Waals surface area contributed by atoms with Crippen molar-refractivity contribution in [3.05, 3.63) is 42.1 Å². The van der Waals surface area contributed by atoms with Crippen molar-refractivity contribution in [1.82, 2.24) is 14.8 Å². The molecule has 2 aromatic rings. The molecule has 4 nitrogen and oxygen atoms in total. The second kappa shape index (κ2) is 5.05. The Balaban J connectivity index is 0.00000128. The summed E-state index contributed by atoms with van der Waals surface area (Å²) in [6.45, 7) is 1.88. The van der Waals surface area contributed by atoms with E-state index >= 15 is 0 Å². The molecule has 0 aromatic carbocycles. The van der Waals surface area contributed by atoms with Crippen molar-refractivity contribution in [3.63, 3.8) is 0 Å². The Bertz CT molecular complexity index is 452. The first-order valence-corrected chi connectivity index (χ1v) is 4.59. The van der Waals surface area contributed by atoms with E-state index in [4.69, 9.17) is 5.73 Å². The van der Waals surface area contributed by atoms with Crippen molar-refractivity contribution < 1.29 is 4.39 Å². The molecule has 6 heteroatoms. The van der Waals surface area contributed by atoms with Crippen molar-refractivity contribution >= 4 is 12.4 Å². The number of nitrogens with two attached hydrogens (primary N) is 1. The van der Waals surface area contributed by atoms with Crippen LogP contribution >= 0.6 is 12.4 Å². The molecule has 0 saturated carbocycles. The molecule has 0 radical (unpaired) electrons. The lowest BCUT2D eigenvalue weighted by atomic mass is 10.2. The minimum absolute atomic E-state index is 0. The van der Waals surface area contributed by atoms with Crippen LogP contribution in [0.2, 0.25) is 0 Å². The Kier molecular flexibility index (Phi) is 3.98. The molecule has 1 atom stereocenters. The molecular weight excluding hydrogens is 231 g/mol. The number of aromatic nitrogens is 3. The Labute approximate surface area is 98.7 Å². The normalized spacial score (nSPS) is 11.9. The third kappa shape index (κ3) is 2.56. The van der Waals surface area contributed by atoms with Crippen LogP contribution in [-0.2, 0) is 0 Å². The van der Waals surface area contributed by atoms with Crippen LogP contribution in [-0.4, -0.2) is 14.8 Å². The zero-order chi connectivity index (χ0) is 10.8. The van der Waals surface area contributed by atoms with Gasteiger partial charge < -0.3 is 5.73 Å². The Morgan fingerprint density at radius 3 is 2.56 bits per heavy atom. The smallest absolute Gasteiger partial charge is 0.161 e. The molecule has 0 saturated heterocycles. The maximum absolute atomic E-state index is 12.7. The van der Waals surface area contributed by atoms with Gasteiger partial charge in [0.05, 0.1) is 12.4 Å². The van der Waals surface area contributed by atoms with Crippen LogP contribution in [0.5, 0.6) is 0 Å². The summed E-state index contributed by atoms with van der Waals surface area (Å²) in [5, 5.41) is 3.81. The highest BCUT2D eigenvalue weighted by Crippen LogP contribution is 2.10. The van der Waals surface area contributed by atoms with E-state index in [1.54, 1.807) is 12.3 Å². The molecule has 0 bridgehead atoms. The van der Waals surface area contributed by atoms with E-state index in [0.29, 0.717) is 5.82 Å². The summed E-state index contributed by atoms with van der Waals surface area (Å²) in [6, 6.07) is 3.55. The Morgan fingerprint density at radius 1 is 1.38 bits per heavy atom. The summed E-state index contributed by atoms with van der Waals surface area (Å²) in [5.41, 5.74) is 6.62. The van der Waals surface area contributed by atoms with Gasteiger partial charge in [-0.1, -0.05) is 6.07 Å². The summed E-state index contributed by atoms with van der Waals surface area (Å²) < 4.78 is 14.1. The number of nitrogens with zero attached hydrogens (tertiary/aromatic N) is 3. The average molecular weight is 243 g/mol. The van der Waals surface area contributed by atoms with Crippen LogP contribution in [0.1, 0.15) is 18.5 Å². The molecule has 0 aliphatic rings. The molecule has 86 valence electrons. The van der Waals surface area contributed by atoms with E-state index in [0.717, 1.165) is 11.8 Å². The summed E-state index contributed by atoms with van der Waals surface area (Å²) in [7, 11) is 0. The number of halogens is 2. The lowest BCUT2D eigenvalue weighted by Crippen LogP contribution is -2.06. The zero-order valence-electron chi connectivity index (χ0n) is 8.67. The molecule has 1 unspecified atom stereocenters. The van der Waals surface area contributed by atoms with Crippen LogP contribution in [0.3, 0.4) is 0 Å². The molecule has 16 heavy (non-hydrogen) atoms. The van der Waals surface area contributed by atoms with E-state index in [1.165, 1.54) is 10.9 Å². The van der Waals surface area contributed by atoms with Gasteiger partial charge in [0.1, 0.15) is 0 Å². The molecule has 0 spiro atoms. The standard InChI is InChI=1S/C10H11FN4.ClH/c1-7(12)8-2-3-10(13-4-8)15-6-9(11)5-14-15;/h2-7H,12H2,1H3;1H. The average Bonchev–Trinajstić information content (AvgIpc) is 2.65. The summed E-state index contributed by atoms with van der Waals surface area (Å²) in [4.78, 5) is 4.14. The molecule has 2 N–H and O–H groups in total. The predicted molar refractivity (Wildman–Crippen MR) is 61.2 cm³/mol. The monoisotopic (exact) mass is 242 g/mol. The van der Waals surface area contributed by atoms with Crippen LogP contribution in [0.4, 0.5) is 4.39 Å². The van der Waals surface area contributed by atoms with E-state index in [1.807, 2.05) is 13.0 Å². The molecule has 2 rings (SSSR count). The van der Waals surface area contributed by atoms with Gasteiger partial charge in [-0.15, -0.1) is 12.4 Å². The summed E-state index contributed by atoms with van der Waals surface area (Å²) >= 11 is 0. The van der Waals surface area contributed by atoms with Gasteiger partial charge in [-0.2, -0.15) is 5.10 Å². The maximum atomic E-state index is 12.7. The molecule has 0 aliphatic carbocycles. The number of rotatable bonds is 2. The van der Waals surface area contributed by atoms with Crippen molar-refractivity contribution in [1.29, 1.82) is 0 Å².